The molecule has 2 heterocycles. The van der Waals surface area contributed by atoms with Crippen LogP contribution in [0, 0.1) is 11.6 Å². The zero-order chi connectivity index (χ0) is 21.1. The zero-order valence-corrected chi connectivity index (χ0v) is 17.1. The van der Waals surface area contributed by atoms with Gasteiger partial charge in [0.2, 0.25) is 0 Å². The Hall–Kier alpha value is -2.78. The fourth-order valence-electron chi connectivity index (χ4n) is 3.41. The van der Waals surface area contributed by atoms with E-state index in [1.165, 1.54) is 18.7 Å². The molecule has 9 heteroatoms. The van der Waals surface area contributed by atoms with Crippen LogP contribution in [0.2, 0.25) is 0 Å². The number of rotatable bonds is 8. The summed E-state index contributed by atoms with van der Waals surface area (Å²) in [5.41, 5.74) is 2.34. The third-order valence-electron chi connectivity index (χ3n) is 5.10. The monoisotopic (exact) mass is 432 g/mol. The second-order valence-corrected chi connectivity index (χ2v) is 8.88. The lowest BCUT2D eigenvalue weighted by molar-refractivity contribution is 0.172. The van der Waals surface area contributed by atoms with E-state index in [4.69, 9.17) is 0 Å². The van der Waals surface area contributed by atoms with E-state index in [2.05, 4.69) is 19.9 Å². The van der Waals surface area contributed by atoms with Crippen molar-refractivity contribution in [1.29, 1.82) is 0 Å². The van der Waals surface area contributed by atoms with Crippen molar-refractivity contribution in [3.8, 4) is 0 Å². The Bertz CT molecular complexity index is 1090. The van der Waals surface area contributed by atoms with Crippen molar-refractivity contribution in [3.63, 3.8) is 0 Å². The summed E-state index contributed by atoms with van der Waals surface area (Å²) >= 11 is 0. The quantitative estimate of drug-likeness (QED) is 0.671. The average Bonchev–Trinajstić information content (AvgIpc) is 3.15. The molecule has 0 aliphatic carbocycles. The van der Waals surface area contributed by atoms with Crippen molar-refractivity contribution >= 4 is 21.9 Å². The smallest absolute Gasteiger partial charge is 0.268 e. The molecule has 1 fully saturated rings. The fraction of sp³-hybridized carbons (Fsp3) is 0.286. The summed E-state index contributed by atoms with van der Waals surface area (Å²) in [5, 5.41) is 3.00. The maximum absolute atomic E-state index is 14.5. The first-order valence-corrected chi connectivity index (χ1v) is 11.2. The van der Waals surface area contributed by atoms with E-state index in [1.807, 2.05) is 24.3 Å². The minimum absolute atomic E-state index is 0.0508. The molecule has 0 atom stereocenters. The number of nitrogens with one attached hydrogen (secondary N) is 2. The zero-order valence-electron chi connectivity index (χ0n) is 16.2. The molecule has 1 saturated heterocycles. The number of aliphatic imine (C=N–C) groups is 1. The van der Waals surface area contributed by atoms with Crippen molar-refractivity contribution < 1.29 is 17.2 Å². The number of allylic oxidation sites excluding steroid dienone is 1. The molecule has 6 nitrogen and oxygen atoms in total. The van der Waals surface area contributed by atoms with Gasteiger partial charge in [-0.25, -0.2) is 22.2 Å². The first-order chi connectivity index (χ1) is 14.4. The van der Waals surface area contributed by atoms with Gasteiger partial charge in [-0.05, 0) is 48.8 Å². The molecule has 0 aromatic heterocycles. The van der Waals surface area contributed by atoms with E-state index in [1.54, 1.807) is 0 Å². The number of anilines is 1. The molecule has 0 amide bonds. The van der Waals surface area contributed by atoms with Gasteiger partial charge in [-0.3, -0.25) is 9.62 Å². The van der Waals surface area contributed by atoms with Crippen molar-refractivity contribution in [1.82, 2.24) is 9.62 Å². The van der Waals surface area contributed by atoms with E-state index < -0.39 is 26.6 Å². The van der Waals surface area contributed by atoms with E-state index in [-0.39, 0.29) is 11.5 Å². The highest BCUT2D eigenvalue weighted by Crippen LogP contribution is 2.25. The highest BCUT2D eigenvalue weighted by Gasteiger charge is 2.26. The van der Waals surface area contributed by atoms with E-state index in [0.717, 1.165) is 42.9 Å². The lowest BCUT2D eigenvalue weighted by atomic mass is 10.1. The van der Waals surface area contributed by atoms with Gasteiger partial charge in [-0.1, -0.05) is 24.3 Å². The second-order valence-electron chi connectivity index (χ2n) is 7.26. The summed E-state index contributed by atoms with van der Waals surface area (Å²) < 4.78 is 55.9. The minimum Gasteiger partial charge on any atom is -0.381 e. The summed E-state index contributed by atoms with van der Waals surface area (Å²) in [4.78, 5) is 5.12. The SMILES string of the molecule is O=S(=O)(NC1=CCC=N1)c1c(F)cc(NCc2ccccc2CN2CCC2)cc1F. The molecule has 0 bridgehead atoms. The summed E-state index contributed by atoms with van der Waals surface area (Å²) in [6, 6.07) is 9.86. The molecule has 2 aliphatic rings. The molecule has 0 saturated carbocycles. The standard InChI is InChI=1S/C21H22F2N4O2S/c22-18-11-17(12-19(23)21(18)30(28,29)26-20-7-3-8-24-20)25-13-15-5-1-2-6-16(15)14-27-9-4-10-27/h1-2,5-8,11-12,25-26H,3-4,9-10,13-14H2. The van der Waals surface area contributed by atoms with Crippen molar-refractivity contribution in [2.24, 2.45) is 4.99 Å². The van der Waals surface area contributed by atoms with Crippen LogP contribution in [0.15, 0.2) is 58.2 Å². The Morgan fingerprint density at radius 3 is 2.37 bits per heavy atom. The number of hydrogen-bond donors (Lipinski definition) is 2. The number of nitrogens with zero attached hydrogens (tertiary/aromatic N) is 2. The van der Waals surface area contributed by atoms with Crippen LogP contribution in [0.1, 0.15) is 24.0 Å². The first-order valence-electron chi connectivity index (χ1n) is 9.70. The topological polar surface area (TPSA) is 73.8 Å². The molecule has 0 spiro atoms. The molecular formula is C21H22F2N4O2S. The van der Waals surface area contributed by atoms with Gasteiger partial charge in [0.1, 0.15) is 17.5 Å². The van der Waals surface area contributed by atoms with Gasteiger partial charge in [0.05, 0.1) is 0 Å². The van der Waals surface area contributed by atoms with Crippen LogP contribution in [0.3, 0.4) is 0 Å². The molecule has 2 aromatic carbocycles. The highest BCUT2D eigenvalue weighted by atomic mass is 32.2. The molecule has 4 rings (SSSR count). The van der Waals surface area contributed by atoms with Crippen LogP contribution in [0.5, 0.6) is 0 Å². The van der Waals surface area contributed by atoms with Crippen molar-refractivity contribution in [2.75, 3.05) is 18.4 Å². The van der Waals surface area contributed by atoms with Gasteiger partial charge < -0.3 is 5.32 Å². The Balaban J connectivity index is 1.49. The number of likely N-dealkylation sites (tertiary alicyclic amines) is 1. The summed E-state index contributed by atoms with van der Waals surface area (Å²) in [5.74, 6) is -2.28. The molecule has 2 N–H and O–H groups in total. The van der Waals surface area contributed by atoms with Crippen LogP contribution in [-0.2, 0) is 23.1 Å². The van der Waals surface area contributed by atoms with Gasteiger partial charge in [0.25, 0.3) is 10.0 Å². The third kappa shape index (κ3) is 4.52. The van der Waals surface area contributed by atoms with Crippen LogP contribution in [0.4, 0.5) is 14.5 Å². The Kier molecular flexibility index (Phi) is 5.83. The number of halogens is 2. The Morgan fingerprint density at radius 1 is 1.07 bits per heavy atom. The lowest BCUT2D eigenvalue weighted by Crippen LogP contribution is -2.36. The molecule has 0 radical (unpaired) electrons. The first kappa shape index (κ1) is 20.5. The molecule has 2 aliphatic heterocycles. The Morgan fingerprint density at radius 2 is 1.77 bits per heavy atom. The van der Waals surface area contributed by atoms with Crippen LogP contribution in [0.25, 0.3) is 0 Å². The fourth-order valence-corrected chi connectivity index (χ4v) is 4.55. The van der Waals surface area contributed by atoms with Crippen molar-refractivity contribution in [2.45, 2.75) is 30.8 Å². The minimum atomic E-state index is -4.42. The molecule has 2 aromatic rings. The van der Waals surface area contributed by atoms with E-state index in [0.29, 0.717) is 13.0 Å². The predicted octanol–water partition coefficient (Wildman–Crippen LogP) is 3.38. The molecular weight excluding hydrogens is 410 g/mol. The maximum atomic E-state index is 14.5. The number of sulfonamides is 1. The number of hydrogen-bond acceptors (Lipinski definition) is 5. The summed E-state index contributed by atoms with van der Waals surface area (Å²) in [6.07, 6.45) is 4.68. The third-order valence-corrected chi connectivity index (χ3v) is 6.50. The summed E-state index contributed by atoms with van der Waals surface area (Å²) in [6.45, 7) is 3.35. The predicted molar refractivity (Wildman–Crippen MR) is 112 cm³/mol. The molecule has 158 valence electrons. The highest BCUT2D eigenvalue weighted by molar-refractivity contribution is 7.89. The molecule has 30 heavy (non-hydrogen) atoms. The van der Waals surface area contributed by atoms with Crippen molar-refractivity contribution in [3.05, 3.63) is 71.1 Å². The average molecular weight is 432 g/mol. The lowest BCUT2D eigenvalue weighted by Gasteiger charge is -2.31. The van der Waals surface area contributed by atoms with Gasteiger partial charge in [-0.15, -0.1) is 0 Å². The maximum Gasteiger partial charge on any atom is 0.268 e. The van der Waals surface area contributed by atoms with Gasteiger partial charge in [0, 0.05) is 31.4 Å². The second kappa shape index (κ2) is 8.53. The van der Waals surface area contributed by atoms with Gasteiger partial charge in [0.15, 0.2) is 4.90 Å². The largest absolute Gasteiger partial charge is 0.381 e. The van der Waals surface area contributed by atoms with E-state index >= 15 is 0 Å². The summed E-state index contributed by atoms with van der Waals surface area (Å²) in [7, 11) is -4.42. The Labute approximate surface area is 174 Å². The molecule has 0 unspecified atom stereocenters. The van der Waals surface area contributed by atoms with Crippen LogP contribution < -0.4 is 10.0 Å². The van der Waals surface area contributed by atoms with Gasteiger partial charge >= 0.3 is 0 Å². The van der Waals surface area contributed by atoms with E-state index in [9.17, 15) is 17.2 Å². The van der Waals surface area contributed by atoms with Crippen LogP contribution >= 0.6 is 0 Å². The normalized spacial score (nSPS) is 16.3. The van der Waals surface area contributed by atoms with Crippen LogP contribution in [-0.4, -0.2) is 32.6 Å². The number of benzene rings is 2. The van der Waals surface area contributed by atoms with Gasteiger partial charge in [-0.2, -0.15) is 0 Å².